The molecule has 1 saturated heterocycles. The van der Waals surface area contributed by atoms with Crippen molar-refractivity contribution in [3.8, 4) is 0 Å². The van der Waals surface area contributed by atoms with E-state index in [1.165, 1.54) is 0 Å². The fraction of sp³-hybridized carbons (Fsp3) is 0.800. The third kappa shape index (κ3) is 2.08. The zero-order chi connectivity index (χ0) is 9.35. The van der Waals surface area contributed by atoms with Crippen LogP contribution in [0.25, 0.3) is 0 Å². The number of primary amides is 1. The minimum absolute atomic E-state index is 0.239. The molecule has 0 spiro atoms. The first-order chi connectivity index (χ1) is 5.41. The van der Waals surface area contributed by atoms with Crippen molar-refractivity contribution in [3.63, 3.8) is 0 Å². The van der Waals surface area contributed by atoms with Crippen LogP contribution in [0.15, 0.2) is 0 Å². The van der Waals surface area contributed by atoms with Crippen LogP contribution >= 0.6 is 0 Å². The van der Waals surface area contributed by atoms with Gasteiger partial charge in [-0.05, 0) is 0 Å². The van der Waals surface area contributed by atoms with Gasteiger partial charge in [0.05, 0.1) is 23.7 Å². The van der Waals surface area contributed by atoms with Gasteiger partial charge in [0.1, 0.15) is 0 Å². The molecule has 0 radical (unpaired) electrons. The van der Waals surface area contributed by atoms with Crippen LogP contribution in [0.5, 0.6) is 0 Å². The van der Waals surface area contributed by atoms with Crippen LogP contribution in [-0.2, 0) is 9.84 Å². The van der Waals surface area contributed by atoms with E-state index in [1.807, 2.05) is 0 Å². The molecule has 1 rings (SSSR count). The minimum Gasteiger partial charge on any atom is -0.390 e. The first-order valence-electron chi connectivity index (χ1n) is 3.35. The summed E-state index contributed by atoms with van der Waals surface area (Å²) < 4.78 is 21.8. The molecular weight excluding hydrogens is 184 g/mol. The molecule has 1 aliphatic rings. The Balaban J connectivity index is 2.64. The Kier molecular flexibility index (Phi) is 2.25. The smallest absolute Gasteiger partial charge is 0.312 e. The Morgan fingerprint density at radius 2 is 2.08 bits per heavy atom. The lowest BCUT2D eigenvalue weighted by Gasteiger charge is -2.11. The molecule has 0 saturated carbocycles. The molecule has 0 bridgehead atoms. The van der Waals surface area contributed by atoms with Crippen molar-refractivity contribution in [1.29, 1.82) is 0 Å². The zero-order valence-electron chi connectivity index (χ0n) is 6.23. The van der Waals surface area contributed by atoms with E-state index in [1.54, 1.807) is 0 Å². The third-order valence-electron chi connectivity index (χ3n) is 1.65. The maximum atomic E-state index is 10.9. The normalized spacial score (nSPS) is 33.1. The Bertz CT molecular complexity index is 286. The van der Waals surface area contributed by atoms with Gasteiger partial charge in [-0.25, -0.2) is 13.2 Å². The summed E-state index contributed by atoms with van der Waals surface area (Å²) in [6, 6.07) is -1.58. The third-order valence-corrected chi connectivity index (χ3v) is 3.37. The molecule has 4 N–H and O–H groups in total. The van der Waals surface area contributed by atoms with Gasteiger partial charge in [-0.15, -0.1) is 0 Å². The topological polar surface area (TPSA) is 109 Å². The van der Waals surface area contributed by atoms with Gasteiger partial charge in [0.15, 0.2) is 9.84 Å². The Labute approximate surface area is 69.7 Å². The first kappa shape index (κ1) is 9.27. The van der Waals surface area contributed by atoms with E-state index in [0.717, 1.165) is 0 Å². The van der Waals surface area contributed by atoms with Crippen molar-refractivity contribution >= 4 is 15.9 Å². The Morgan fingerprint density at radius 3 is 2.42 bits per heavy atom. The SMILES string of the molecule is NC(=O)N[C@H]1CS(=O)(=O)C[C@@H]1O. The standard InChI is InChI=1S/C5H10N2O4S/c6-5(9)7-3-1-12(10,11)2-4(3)8/h3-4,8H,1-2H2,(H3,6,7,9)/t3-,4-/m0/s1. The monoisotopic (exact) mass is 194 g/mol. The Hall–Kier alpha value is -0.820. The molecule has 7 heteroatoms. The second-order valence-electron chi connectivity index (χ2n) is 2.76. The summed E-state index contributed by atoms with van der Waals surface area (Å²) in [4.78, 5) is 10.3. The van der Waals surface area contributed by atoms with Gasteiger partial charge < -0.3 is 16.2 Å². The highest BCUT2D eigenvalue weighted by atomic mass is 32.2. The predicted octanol–water partition coefficient (Wildman–Crippen LogP) is -2.19. The van der Waals surface area contributed by atoms with Crippen LogP contribution in [-0.4, -0.2) is 43.2 Å². The molecule has 1 fully saturated rings. The summed E-state index contributed by atoms with van der Waals surface area (Å²) in [7, 11) is -3.21. The largest absolute Gasteiger partial charge is 0.390 e. The number of amides is 2. The molecular formula is C5H10N2O4S. The summed E-state index contributed by atoms with van der Waals surface area (Å²) >= 11 is 0. The van der Waals surface area contributed by atoms with Crippen molar-refractivity contribution in [1.82, 2.24) is 5.32 Å². The number of nitrogens with two attached hydrogens (primary N) is 1. The number of sulfone groups is 1. The molecule has 70 valence electrons. The molecule has 1 aliphatic heterocycles. The molecule has 12 heavy (non-hydrogen) atoms. The van der Waals surface area contributed by atoms with E-state index in [-0.39, 0.29) is 11.5 Å². The molecule has 6 nitrogen and oxygen atoms in total. The number of urea groups is 1. The number of nitrogens with one attached hydrogen (secondary N) is 1. The average molecular weight is 194 g/mol. The van der Waals surface area contributed by atoms with Crippen LogP contribution in [0.3, 0.4) is 0 Å². The van der Waals surface area contributed by atoms with Crippen molar-refractivity contribution in [2.24, 2.45) is 5.73 Å². The number of hydrogen-bond acceptors (Lipinski definition) is 4. The highest BCUT2D eigenvalue weighted by Gasteiger charge is 2.36. The highest BCUT2D eigenvalue weighted by molar-refractivity contribution is 7.91. The number of rotatable bonds is 1. The van der Waals surface area contributed by atoms with Gasteiger partial charge in [-0.3, -0.25) is 0 Å². The second kappa shape index (κ2) is 2.91. The molecule has 0 aliphatic carbocycles. The maximum Gasteiger partial charge on any atom is 0.312 e. The van der Waals surface area contributed by atoms with Crippen molar-refractivity contribution in [2.45, 2.75) is 12.1 Å². The summed E-state index contributed by atoms with van der Waals surface area (Å²) in [6.07, 6.45) is -1.04. The van der Waals surface area contributed by atoms with Crippen LogP contribution in [0.4, 0.5) is 4.79 Å². The molecule has 1 heterocycles. The molecule has 2 amide bonds. The Morgan fingerprint density at radius 1 is 1.50 bits per heavy atom. The van der Waals surface area contributed by atoms with Gasteiger partial charge in [-0.1, -0.05) is 0 Å². The van der Waals surface area contributed by atoms with Gasteiger partial charge in [0, 0.05) is 0 Å². The minimum atomic E-state index is -3.21. The molecule has 0 aromatic carbocycles. The molecule has 0 aromatic heterocycles. The van der Waals surface area contributed by atoms with E-state index in [2.05, 4.69) is 5.32 Å². The fourth-order valence-corrected chi connectivity index (χ4v) is 2.89. The number of carbonyl (C=O) groups is 1. The number of aliphatic hydroxyl groups excluding tert-OH is 1. The lowest BCUT2D eigenvalue weighted by atomic mass is 10.2. The number of carbonyl (C=O) groups excluding carboxylic acids is 1. The average Bonchev–Trinajstić information content (AvgIpc) is 2.03. The number of hydrogen-bond donors (Lipinski definition) is 3. The quantitative estimate of drug-likeness (QED) is 0.440. The maximum absolute atomic E-state index is 10.9. The van der Waals surface area contributed by atoms with E-state index >= 15 is 0 Å². The zero-order valence-corrected chi connectivity index (χ0v) is 7.04. The van der Waals surface area contributed by atoms with Crippen molar-refractivity contribution in [2.75, 3.05) is 11.5 Å². The summed E-state index contributed by atoms with van der Waals surface area (Å²) in [6.45, 7) is 0. The van der Waals surface area contributed by atoms with Gasteiger partial charge in [-0.2, -0.15) is 0 Å². The van der Waals surface area contributed by atoms with E-state index in [4.69, 9.17) is 10.8 Å². The van der Waals surface area contributed by atoms with Crippen molar-refractivity contribution < 1.29 is 18.3 Å². The van der Waals surface area contributed by atoms with Crippen LogP contribution in [0, 0.1) is 0 Å². The summed E-state index contributed by atoms with van der Waals surface area (Å²) in [5.41, 5.74) is 4.77. The number of aliphatic hydroxyl groups is 1. The van der Waals surface area contributed by atoms with Crippen LogP contribution < -0.4 is 11.1 Å². The van der Waals surface area contributed by atoms with Crippen LogP contribution in [0.2, 0.25) is 0 Å². The molecule has 0 unspecified atom stereocenters. The first-order valence-corrected chi connectivity index (χ1v) is 5.17. The molecule has 0 aromatic rings. The molecule has 2 atom stereocenters. The fourth-order valence-electron chi connectivity index (χ4n) is 1.15. The van der Waals surface area contributed by atoms with Crippen molar-refractivity contribution in [3.05, 3.63) is 0 Å². The summed E-state index contributed by atoms with van der Waals surface area (Å²) in [5, 5.41) is 11.3. The lowest BCUT2D eigenvalue weighted by molar-refractivity contribution is 0.166. The van der Waals surface area contributed by atoms with Crippen LogP contribution in [0.1, 0.15) is 0 Å². The lowest BCUT2D eigenvalue weighted by Crippen LogP contribution is -2.45. The van der Waals surface area contributed by atoms with Gasteiger partial charge in [0.25, 0.3) is 0 Å². The summed E-state index contributed by atoms with van der Waals surface area (Å²) in [5.74, 6) is -0.547. The highest BCUT2D eigenvalue weighted by Crippen LogP contribution is 2.11. The van der Waals surface area contributed by atoms with E-state index in [0.29, 0.717) is 0 Å². The predicted molar refractivity (Wildman–Crippen MR) is 41.2 cm³/mol. The second-order valence-corrected chi connectivity index (χ2v) is 4.91. The van der Waals surface area contributed by atoms with E-state index < -0.39 is 28.0 Å². The van der Waals surface area contributed by atoms with Gasteiger partial charge >= 0.3 is 6.03 Å². The van der Waals surface area contributed by atoms with E-state index in [9.17, 15) is 13.2 Å². The van der Waals surface area contributed by atoms with Gasteiger partial charge in [0.2, 0.25) is 0 Å².